The van der Waals surface area contributed by atoms with E-state index < -0.39 is 18.5 Å². The molecular weight excluding hydrogens is 386 g/mol. The van der Waals surface area contributed by atoms with Gasteiger partial charge in [-0.15, -0.1) is 0 Å². The van der Waals surface area contributed by atoms with Crippen molar-refractivity contribution >= 4 is 33.5 Å². The number of rotatable bonds is 6. The molecule has 0 heterocycles. The molecule has 0 bridgehead atoms. The van der Waals surface area contributed by atoms with E-state index in [0.29, 0.717) is 4.47 Å². The highest BCUT2D eigenvalue weighted by atomic mass is 79.9. The van der Waals surface area contributed by atoms with Crippen LogP contribution in [0, 0.1) is 0 Å². The zero-order valence-electron chi connectivity index (χ0n) is 14.1. The quantitative estimate of drug-likeness (QED) is 0.709. The average molecular weight is 406 g/mol. The molecule has 0 unspecified atom stereocenters. The van der Waals surface area contributed by atoms with Crippen LogP contribution in [-0.2, 0) is 22.4 Å². The number of aryl methyl sites for hydroxylation is 2. The third-order valence-electron chi connectivity index (χ3n) is 3.78. The van der Waals surface area contributed by atoms with Crippen molar-refractivity contribution in [2.75, 3.05) is 11.9 Å². The van der Waals surface area contributed by atoms with Crippen molar-refractivity contribution in [3.05, 3.63) is 57.6 Å². The first-order valence-electron chi connectivity index (χ1n) is 8.02. The lowest BCUT2D eigenvalue weighted by Crippen LogP contribution is -2.22. The zero-order chi connectivity index (χ0) is 18.4. The fraction of sp³-hybridized carbons (Fsp3) is 0.263. The lowest BCUT2D eigenvalue weighted by Gasteiger charge is -2.14. The molecule has 2 rings (SSSR count). The standard InChI is InChI=1S/C19H20BrNO4/c1-3-12-6-5-7-13(4-2)18(12)21-17(23)11-25-19(24)15-10-14(20)8-9-16(15)22/h5-10,22H,3-4,11H2,1-2H3,(H,21,23). The summed E-state index contributed by atoms with van der Waals surface area (Å²) in [6, 6.07) is 10.3. The number of hydrogen-bond acceptors (Lipinski definition) is 4. The van der Waals surface area contributed by atoms with Gasteiger partial charge in [0.25, 0.3) is 5.91 Å². The summed E-state index contributed by atoms with van der Waals surface area (Å²) in [6.45, 7) is 3.60. The molecule has 0 radical (unpaired) electrons. The van der Waals surface area contributed by atoms with Crippen molar-refractivity contribution in [1.82, 2.24) is 0 Å². The zero-order valence-corrected chi connectivity index (χ0v) is 15.7. The van der Waals surface area contributed by atoms with Crippen LogP contribution in [0.5, 0.6) is 5.75 Å². The maximum Gasteiger partial charge on any atom is 0.342 e. The smallest absolute Gasteiger partial charge is 0.342 e. The van der Waals surface area contributed by atoms with Crippen molar-refractivity contribution in [2.45, 2.75) is 26.7 Å². The van der Waals surface area contributed by atoms with Gasteiger partial charge in [0.05, 0.1) is 0 Å². The lowest BCUT2D eigenvalue weighted by molar-refractivity contribution is -0.119. The number of benzene rings is 2. The molecule has 5 nitrogen and oxygen atoms in total. The number of phenolic OH excluding ortho intramolecular Hbond substituents is 1. The predicted octanol–water partition coefficient (Wildman–Crippen LogP) is 4.08. The van der Waals surface area contributed by atoms with Gasteiger partial charge in [0, 0.05) is 10.2 Å². The molecule has 0 saturated heterocycles. The summed E-state index contributed by atoms with van der Waals surface area (Å²) in [5.41, 5.74) is 2.84. The Hall–Kier alpha value is -2.34. The molecule has 25 heavy (non-hydrogen) atoms. The van der Waals surface area contributed by atoms with Gasteiger partial charge in [-0.2, -0.15) is 0 Å². The minimum atomic E-state index is -0.756. The summed E-state index contributed by atoms with van der Waals surface area (Å²) in [6.07, 6.45) is 1.57. The first kappa shape index (κ1) is 19.0. The van der Waals surface area contributed by atoms with Crippen LogP contribution in [0.2, 0.25) is 0 Å². The Labute approximate surface area is 155 Å². The van der Waals surface area contributed by atoms with E-state index in [2.05, 4.69) is 21.2 Å². The van der Waals surface area contributed by atoms with E-state index in [1.54, 1.807) is 6.07 Å². The molecule has 0 aliphatic heterocycles. The third-order valence-corrected chi connectivity index (χ3v) is 4.27. The van der Waals surface area contributed by atoms with Crippen LogP contribution < -0.4 is 5.32 Å². The summed E-state index contributed by atoms with van der Waals surface area (Å²) in [7, 11) is 0. The summed E-state index contributed by atoms with van der Waals surface area (Å²) in [4.78, 5) is 24.2. The number of carbonyl (C=O) groups excluding carboxylic acids is 2. The average Bonchev–Trinajstić information content (AvgIpc) is 2.61. The second-order valence-corrected chi connectivity index (χ2v) is 6.36. The first-order chi connectivity index (χ1) is 12.0. The van der Waals surface area contributed by atoms with Gasteiger partial charge in [0.15, 0.2) is 6.61 Å². The number of para-hydroxylation sites is 1. The summed E-state index contributed by atoms with van der Waals surface area (Å²) >= 11 is 3.22. The first-order valence-corrected chi connectivity index (χ1v) is 8.81. The van der Waals surface area contributed by atoms with Gasteiger partial charge in [-0.25, -0.2) is 4.79 Å². The Morgan fingerprint density at radius 3 is 2.36 bits per heavy atom. The molecule has 0 fully saturated rings. The van der Waals surface area contributed by atoms with Gasteiger partial charge < -0.3 is 15.2 Å². The van der Waals surface area contributed by atoms with E-state index in [4.69, 9.17) is 4.74 Å². The molecule has 0 atom stereocenters. The normalized spacial score (nSPS) is 10.4. The summed E-state index contributed by atoms with van der Waals surface area (Å²) in [5.74, 6) is -1.37. The van der Waals surface area contributed by atoms with Crippen LogP contribution in [0.1, 0.15) is 35.3 Å². The fourth-order valence-electron chi connectivity index (χ4n) is 2.46. The number of esters is 1. The predicted molar refractivity (Wildman–Crippen MR) is 99.9 cm³/mol. The van der Waals surface area contributed by atoms with Gasteiger partial charge in [-0.1, -0.05) is 48.0 Å². The van der Waals surface area contributed by atoms with Gasteiger partial charge in [0.2, 0.25) is 0 Å². The number of halogens is 1. The minimum absolute atomic E-state index is 0.00498. The number of amides is 1. The number of aromatic hydroxyl groups is 1. The monoisotopic (exact) mass is 405 g/mol. The molecule has 6 heteroatoms. The van der Waals surface area contributed by atoms with E-state index in [9.17, 15) is 14.7 Å². The van der Waals surface area contributed by atoms with Crippen LogP contribution in [0.15, 0.2) is 40.9 Å². The Balaban J connectivity index is 2.04. The molecule has 0 saturated carbocycles. The van der Waals surface area contributed by atoms with E-state index >= 15 is 0 Å². The second-order valence-electron chi connectivity index (χ2n) is 5.44. The van der Waals surface area contributed by atoms with Crippen molar-refractivity contribution in [3.63, 3.8) is 0 Å². The maximum absolute atomic E-state index is 12.2. The van der Waals surface area contributed by atoms with Crippen LogP contribution >= 0.6 is 15.9 Å². The van der Waals surface area contributed by atoms with Crippen molar-refractivity contribution in [3.8, 4) is 5.75 Å². The van der Waals surface area contributed by atoms with E-state index in [1.165, 1.54) is 12.1 Å². The highest BCUT2D eigenvalue weighted by molar-refractivity contribution is 9.10. The lowest BCUT2D eigenvalue weighted by atomic mass is 10.0. The topological polar surface area (TPSA) is 75.6 Å². The van der Waals surface area contributed by atoms with Gasteiger partial charge in [-0.3, -0.25) is 4.79 Å². The number of phenols is 1. The van der Waals surface area contributed by atoms with Gasteiger partial charge in [0.1, 0.15) is 11.3 Å². The van der Waals surface area contributed by atoms with Crippen LogP contribution in [0.25, 0.3) is 0 Å². The van der Waals surface area contributed by atoms with E-state index in [0.717, 1.165) is 29.7 Å². The van der Waals surface area contributed by atoms with Crippen molar-refractivity contribution in [1.29, 1.82) is 0 Å². The number of nitrogens with one attached hydrogen (secondary N) is 1. The maximum atomic E-state index is 12.2. The number of hydrogen-bond donors (Lipinski definition) is 2. The highest BCUT2D eigenvalue weighted by Gasteiger charge is 2.16. The Bertz CT molecular complexity index is 767. The van der Waals surface area contributed by atoms with Crippen molar-refractivity contribution in [2.24, 2.45) is 0 Å². The molecule has 2 N–H and O–H groups in total. The largest absolute Gasteiger partial charge is 0.507 e. The molecular formula is C19H20BrNO4. The Kier molecular flexibility index (Phi) is 6.58. The molecule has 132 valence electrons. The fourth-order valence-corrected chi connectivity index (χ4v) is 2.82. The Morgan fingerprint density at radius 2 is 1.76 bits per heavy atom. The Morgan fingerprint density at radius 1 is 1.12 bits per heavy atom. The molecule has 0 aliphatic carbocycles. The highest BCUT2D eigenvalue weighted by Crippen LogP contribution is 2.24. The van der Waals surface area contributed by atoms with Crippen molar-refractivity contribution < 1.29 is 19.4 Å². The van der Waals surface area contributed by atoms with E-state index in [-0.39, 0.29) is 11.3 Å². The van der Waals surface area contributed by atoms with Crippen LogP contribution in [0.3, 0.4) is 0 Å². The summed E-state index contributed by atoms with van der Waals surface area (Å²) in [5, 5.41) is 12.5. The molecule has 0 aliphatic rings. The third kappa shape index (κ3) is 4.82. The number of carbonyl (C=O) groups is 2. The molecule has 2 aromatic rings. The van der Waals surface area contributed by atoms with Gasteiger partial charge in [-0.05, 0) is 42.2 Å². The number of ether oxygens (including phenoxy) is 1. The molecule has 2 aromatic carbocycles. The molecule has 0 spiro atoms. The van der Waals surface area contributed by atoms with Crippen LogP contribution in [-0.4, -0.2) is 23.6 Å². The second kappa shape index (κ2) is 8.67. The molecule has 1 amide bonds. The van der Waals surface area contributed by atoms with E-state index in [1.807, 2.05) is 32.0 Å². The van der Waals surface area contributed by atoms with Crippen LogP contribution in [0.4, 0.5) is 5.69 Å². The number of anilines is 1. The minimum Gasteiger partial charge on any atom is -0.507 e. The van der Waals surface area contributed by atoms with Gasteiger partial charge >= 0.3 is 5.97 Å². The summed E-state index contributed by atoms with van der Waals surface area (Å²) < 4.78 is 5.64. The SMILES string of the molecule is CCc1cccc(CC)c1NC(=O)COC(=O)c1cc(Br)ccc1O. The molecule has 0 aromatic heterocycles.